The number of benzene rings is 1. The number of ether oxygens (including phenoxy) is 1. The summed E-state index contributed by atoms with van der Waals surface area (Å²) in [7, 11) is 0. The number of rotatable bonds is 8. The zero-order valence-corrected chi connectivity index (χ0v) is 14.6. The van der Waals surface area contributed by atoms with Crippen LogP contribution in [0.3, 0.4) is 0 Å². The van der Waals surface area contributed by atoms with Gasteiger partial charge in [0.25, 0.3) is 0 Å². The van der Waals surface area contributed by atoms with E-state index in [2.05, 4.69) is 23.8 Å². The number of unbranched alkanes of at least 4 members (excludes halogenated alkanes) is 1. The van der Waals surface area contributed by atoms with E-state index in [9.17, 15) is 17.6 Å². The fourth-order valence-corrected chi connectivity index (χ4v) is 3.45. The van der Waals surface area contributed by atoms with E-state index in [1.54, 1.807) is 0 Å². The van der Waals surface area contributed by atoms with E-state index < -0.39 is 24.0 Å². The van der Waals surface area contributed by atoms with Crippen molar-refractivity contribution in [2.24, 2.45) is 11.8 Å². The maximum Gasteiger partial charge on any atom is 0.387 e. The average molecular weight is 358 g/mol. The summed E-state index contributed by atoms with van der Waals surface area (Å²) in [4.78, 5) is 0. The van der Waals surface area contributed by atoms with Crippen LogP contribution in [-0.4, -0.2) is 6.61 Å². The number of hydrogen-bond acceptors (Lipinski definition) is 1. The predicted molar refractivity (Wildman–Crippen MR) is 90.8 cm³/mol. The maximum absolute atomic E-state index is 13.7. The molecule has 1 nitrogen and oxygen atoms in total. The van der Waals surface area contributed by atoms with Crippen molar-refractivity contribution >= 4 is 0 Å². The first kappa shape index (κ1) is 19.8. The van der Waals surface area contributed by atoms with Gasteiger partial charge in [-0.3, -0.25) is 0 Å². The maximum atomic E-state index is 13.7. The predicted octanol–water partition coefficient (Wildman–Crippen LogP) is 6.66. The Morgan fingerprint density at radius 1 is 1.12 bits per heavy atom. The fraction of sp³-hybridized carbons (Fsp3) is 0.600. The lowest BCUT2D eigenvalue weighted by atomic mass is 9.79. The SMILES string of the molecule is CCC/C=C/[C@H]1CC[C@H](CCc2cc(F)c(OC(F)F)c(F)c2)CC1. The van der Waals surface area contributed by atoms with Crippen LogP contribution in [0, 0.1) is 23.5 Å². The van der Waals surface area contributed by atoms with Crippen molar-refractivity contribution in [3.8, 4) is 5.75 Å². The Kier molecular flexibility index (Phi) is 7.79. The van der Waals surface area contributed by atoms with Gasteiger partial charge in [0.05, 0.1) is 0 Å². The number of aryl methyl sites for hydroxylation is 1. The third-order valence-electron chi connectivity index (χ3n) is 4.86. The molecule has 0 unspecified atom stereocenters. The van der Waals surface area contributed by atoms with Gasteiger partial charge in [-0.2, -0.15) is 8.78 Å². The first-order valence-corrected chi connectivity index (χ1v) is 9.09. The molecule has 0 atom stereocenters. The van der Waals surface area contributed by atoms with Crippen molar-refractivity contribution in [1.29, 1.82) is 0 Å². The Hall–Kier alpha value is -1.52. The van der Waals surface area contributed by atoms with Crippen LogP contribution in [0.4, 0.5) is 17.6 Å². The lowest BCUT2D eigenvalue weighted by Crippen LogP contribution is -2.14. The van der Waals surface area contributed by atoms with Gasteiger partial charge in [0.15, 0.2) is 17.4 Å². The minimum Gasteiger partial charge on any atom is -0.429 e. The largest absolute Gasteiger partial charge is 0.429 e. The summed E-state index contributed by atoms with van der Waals surface area (Å²) in [5.74, 6) is -1.93. The lowest BCUT2D eigenvalue weighted by Gasteiger charge is -2.26. The van der Waals surface area contributed by atoms with Crippen molar-refractivity contribution in [3.63, 3.8) is 0 Å². The topological polar surface area (TPSA) is 9.23 Å². The van der Waals surface area contributed by atoms with Crippen LogP contribution in [0.1, 0.15) is 57.4 Å². The Labute approximate surface area is 147 Å². The summed E-state index contributed by atoms with van der Waals surface area (Å²) >= 11 is 0. The van der Waals surface area contributed by atoms with Gasteiger partial charge < -0.3 is 4.74 Å². The van der Waals surface area contributed by atoms with Crippen LogP contribution < -0.4 is 4.74 Å². The van der Waals surface area contributed by atoms with E-state index in [-0.39, 0.29) is 0 Å². The highest BCUT2D eigenvalue weighted by Gasteiger charge is 2.21. The van der Waals surface area contributed by atoms with Gasteiger partial charge in [-0.15, -0.1) is 0 Å². The third kappa shape index (κ3) is 6.37. The average Bonchev–Trinajstić information content (AvgIpc) is 2.57. The molecule has 1 saturated carbocycles. The van der Waals surface area contributed by atoms with Crippen LogP contribution in [-0.2, 0) is 6.42 Å². The Morgan fingerprint density at radius 3 is 2.32 bits per heavy atom. The molecule has 0 aliphatic heterocycles. The molecule has 1 aromatic rings. The summed E-state index contributed by atoms with van der Waals surface area (Å²) in [5.41, 5.74) is 0.488. The number of alkyl halides is 2. The molecular weight excluding hydrogens is 332 g/mol. The summed E-state index contributed by atoms with van der Waals surface area (Å²) in [6.07, 6.45) is 12.9. The van der Waals surface area contributed by atoms with Crippen LogP contribution in [0.15, 0.2) is 24.3 Å². The van der Waals surface area contributed by atoms with Gasteiger partial charge in [-0.1, -0.05) is 25.5 Å². The van der Waals surface area contributed by atoms with E-state index >= 15 is 0 Å². The van der Waals surface area contributed by atoms with E-state index in [0.29, 0.717) is 23.8 Å². The summed E-state index contributed by atoms with van der Waals surface area (Å²) in [6, 6.07) is 2.19. The van der Waals surface area contributed by atoms with Crippen LogP contribution in [0.2, 0.25) is 0 Å². The highest BCUT2D eigenvalue weighted by molar-refractivity contribution is 5.31. The first-order valence-electron chi connectivity index (χ1n) is 9.09. The Balaban J connectivity index is 1.82. The lowest BCUT2D eigenvalue weighted by molar-refractivity contribution is -0.0546. The second-order valence-corrected chi connectivity index (χ2v) is 6.80. The molecule has 0 saturated heterocycles. The zero-order valence-electron chi connectivity index (χ0n) is 14.6. The minimum absolute atomic E-state index is 0.488. The fourth-order valence-electron chi connectivity index (χ4n) is 3.45. The molecule has 2 rings (SSSR count). The molecule has 1 aliphatic carbocycles. The highest BCUT2D eigenvalue weighted by Crippen LogP contribution is 2.33. The molecule has 1 fully saturated rings. The Bertz CT molecular complexity index is 540. The van der Waals surface area contributed by atoms with E-state index in [1.807, 2.05) is 0 Å². The number of hydrogen-bond donors (Lipinski definition) is 0. The van der Waals surface area contributed by atoms with Crippen LogP contribution >= 0.6 is 0 Å². The van der Waals surface area contributed by atoms with Gasteiger partial charge in [0, 0.05) is 0 Å². The second kappa shape index (κ2) is 9.83. The standard InChI is InChI=1S/C20H26F4O/c1-2-3-4-5-14-6-8-15(9-7-14)10-11-16-12-17(21)19(18(22)13-16)25-20(23)24/h4-5,12-15,20H,2-3,6-11H2,1H3/b5-4+/t14-,15-. The summed E-state index contributed by atoms with van der Waals surface area (Å²) in [5, 5.41) is 0. The molecule has 0 bridgehead atoms. The molecule has 140 valence electrons. The molecule has 1 aliphatic rings. The van der Waals surface area contributed by atoms with Crippen molar-refractivity contribution in [2.45, 2.75) is 64.9 Å². The van der Waals surface area contributed by atoms with Gasteiger partial charge in [0.2, 0.25) is 0 Å². The van der Waals surface area contributed by atoms with E-state index in [0.717, 1.165) is 50.7 Å². The van der Waals surface area contributed by atoms with Gasteiger partial charge >= 0.3 is 6.61 Å². The quantitative estimate of drug-likeness (QED) is 0.373. The minimum atomic E-state index is -3.24. The van der Waals surface area contributed by atoms with E-state index in [4.69, 9.17) is 0 Å². The molecule has 5 heteroatoms. The zero-order chi connectivity index (χ0) is 18.2. The molecule has 0 N–H and O–H groups in total. The van der Waals surface area contributed by atoms with Crippen LogP contribution in [0.5, 0.6) is 5.75 Å². The van der Waals surface area contributed by atoms with Crippen molar-refractivity contribution in [1.82, 2.24) is 0 Å². The smallest absolute Gasteiger partial charge is 0.387 e. The summed E-state index contributed by atoms with van der Waals surface area (Å²) in [6.45, 7) is -1.07. The van der Waals surface area contributed by atoms with Gasteiger partial charge in [0.1, 0.15) is 0 Å². The number of allylic oxidation sites excluding steroid dienone is 2. The first-order chi connectivity index (χ1) is 12.0. The Morgan fingerprint density at radius 2 is 1.76 bits per heavy atom. The molecule has 0 spiro atoms. The normalized spacial score (nSPS) is 21.2. The summed E-state index contributed by atoms with van der Waals surface area (Å²) < 4.78 is 55.6. The molecule has 25 heavy (non-hydrogen) atoms. The molecular formula is C20H26F4O. The molecule has 1 aromatic carbocycles. The highest BCUT2D eigenvalue weighted by atomic mass is 19.3. The molecule has 0 heterocycles. The van der Waals surface area contributed by atoms with Crippen molar-refractivity contribution in [2.75, 3.05) is 0 Å². The second-order valence-electron chi connectivity index (χ2n) is 6.80. The number of halogens is 4. The third-order valence-corrected chi connectivity index (χ3v) is 4.86. The molecule has 0 radical (unpaired) electrons. The van der Waals surface area contributed by atoms with Crippen molar-refractivity contribution < 1.29 is 22.3 Å². The van der Waals surface area contributed by atoms with E-state index in [1.165, 1.54) is 6.42 Å². The monoisotopic (exact) mass is 358 g/mol. The molecule has 0 amide bonds. The van der Waals surface area contributed by atoms with Crippen molar-refractivity contribution in [3.05, 3.63) is 41.5 Å². The van der Waals surface area contributed by atoms with Crippen LogP contribution in [0.25, 0.3) is 0 Å². The molecule has 0 aromatic heterocycles. The van der Waals surface area contributed by atoms with Gasteiger partial charge in [-0.25, -0.2) is 8.78 Å². The van der Waals surface area contributed by atoms with Gasteiger partial charge in [-0.05, 0) is 74.5 Å².